The van der Waals surface area contributed by atoms with Gasteiger partial charge in [0.2, 0.25) is 9.84 Å². The van der Waals surface area contributed by atoms with Gasteiger partial charge in [0, 0.05) is 0 Å². The molecular formula is C13H6F5O2S2+. The van der Waals surface area contributed by atoms with Gasteiger partial charge in [0.15, 0.2) is 20.7 Å². The highest BCUT2D eigenvalue weighted by Gasteiger charge is 2.60. The van der Waals surface area contributed by atoms with Crippen LogP contribution in [0.1, 0.15) is 0 Å². The maximum atomic E-state index is 13.4. The van der Waals surface area contributed by atoms with E-state index in [2.05, 4.69) is 0 Å². The van der Waals surface area contributed by atoms with Crippen LogP contribution in [0.3, 0.4) is 0 Å². The molecule has 0 spiro atoms. The van der Waals surface area contributed by atoms with Gasteiger partial charge >= 0.3 is 5.51 Å². The minimum absolute atomic E-state index is 0.532. The van der Waals surface area contributed by atoms with Crippen molar-refractivity contribution in [2.45, 2.75) is 25.1 Å². The molecule has 0 fully saturated rings. The van der Waals surface area contributed by atoms with E-state index in [1.807, 2.05) is 0 Å². The molecule has 0 aliphatic carbocycles. The van der Waals surface area contributed by atoms with Gasteiger partial charge in [0.1, 0.15) is 21.4 Å². The largest absolute Gasteiger partial charge is 0.586 e. The molecule has 1 aliphatic heterocycles. The number of benzene rings is 2. The molecular weight excluding hydrogens is 347 g/mol. The summed E-state index contributed by atoms with van der Waals surface area (Å²) >= 11 is 0. The molecule has 0 unspecified atom stereocenters. The van der Waals surface area contributed by atoms with E-state index in [-0.39, 0.29) is 0 Å². The van der Waals surface area contributed by atoms with Gasteiger partial charge in [-0.3, -0.25) is 0 Å². The standard InChI is InChI=1S/C13H6F5O2S2/c14-7-1-3-9-11(5-7)22(19,20)12-6-8(15)2-4-10(12)21(9)13(16,17)18/h1-6H/q+1. The molecule has 0 aromatic heterocycles. The third-order valence-electron chi connectivity index (χ3n) is 3.06. The third kappa shape index (κ3) is 2.19. The molecule has 116 valence electrons. The number of rotatable bonds is 0. The summed E-state index contributed by atoms with van der Waals surface area (Å²) in [5.41, 5.74) is -4.77. The Labute approximate surface area is 124 Å². The predicted octanol–water partition coefficient (Wildman–Crippen LogP) is 3.67. The van der Waals surface area contributed by atoms with Crippen molar-refractivity contribution >= 4 is 20.7 Å². The normalized spacial score (nSPS) is 17.0. The van der Waals surface area contributed by atoms with Gasteiger partial charge in [-0.2, -0.15) is 0 Å². The number of sulfone groups is 1. The van der Waals surface area contributed by atoms with Crippen molar-refractivity contribution in [1.82, 2.24) is 0 Å². The van der Waals surface area contributed by atoms with E-state index >= 15 is 0 Å². The lowest BCUT2D eigenvalue weighted by Crippen LogP contribution is -2.31. The number of hydrogen-bond donors (Lipinski definition) is 0. The Kier molecular flexibility index (Phi) is 3.26. The van der Waals surface area contributed by atoms with E-state index in [0.29, 0.717) is 12.1 Å². The first-order valence-electron chi connectivity index (χ1n) is 5.77. The Hall–Kier alpha value is -1.61. The maximum Gasteiger partial charge on any atom is 0.586 e. The van der Waals surface area contributed by atoms with Crippen LogP contribution in [0.15, 0.2) is 56.0 Å². The Morgan fingerprint density at radius 1 is 0.818 bits per heavy atom. The molecule has 0 saturated heterocycles. The Bertz CT molecular complexity index is 815. The summed E-state index contributed by atoms with van der Waals surface area (Å²) in [4.78, 5) is -2.61. The van der Waals surface area contributed by atoms with E-state index in [1.165, 1.54) is 0 Å². The summed E-state index contributed by atoms with van der Waals surface area (Å²) in [5.74, 6) is -1.96. The van der Waals surface area contributed by atoms with Crippen LogP contribution in [0.5, 0.6) is 0 Å². The number of fused-ring (bicyclic) bond motifs is 2. The zero-order valence-corrected chi connectivity index (χ0v) is 12.1. The SMILES string of the molecule is O=S1(=O)c2cc(F)ccc2[S+](C(F)(F)F)c2ccc(F)cc21. The molecule has 0 N–H and O–H groups in total. The van der Waals surface area contributed by atoms with E-state index in [4.69, 9.17) is 0 Å². The molecule has 9 heteroatoms. The minimum Gasteiger partial charge on any atom is -0.218 e. The number of halogens is 5. The fourth-order valence-electron chi connectivity index (χ4n) is 2.21. The molecule has 0 radical (unpaired) electrons. The van der Waals surface area contributed by atoms with E-state index in [1.54, 1.807) is 0 Å². The first kappa shape index (κ1) is 15.3. The lowest BCUT2D eigenvalue weighted by molar-refractivity contribution is -0.0373. The molecule has 2 aromatic rings. The van der Waals surface area contributed by atoms with Crippen molar-refractivity contribution in [3.8, 4) is 0 Å². The van der Waals surface area contributed by atoms with Crippen LogP contribution in [0.25, 0.3) is 0 Å². The summed E-state index contributed by atoms with van der Waals surface area (Å²) in [5, 5.41) is 0. The zero-order valence-electron chi connectivity index (χ0n) is 10.5. The molecule has 1 aliphatic rings. The highest BCUT2D eigenvalue weighted by atomic mass is 32.2. The lowest BCUT2D eigenvalue weighted by atomic mass is 10.3. The van der Waals surface area contributed by atoms with Crippen LogP contribution in [-0.4, -0.2) is 13.9 Å². The average molecular weight is 353 g/mol. The summed E-state index contributed by atoms with van der Waals surface area (Å²) in [6.45, 7) is 0. The molecule has 3 rings (SSSR count). The Balaban J connectivity index is 2.44. The summed E-state index contributed by atoms with van der Waals surface area (Å²) in [6.07, 6.45) is 0. The van der Waals surface area contributed by atoms with Gasteiger partial charge in [-0.15, -0.1) is 13.2 Å². The highest BCUT2D eigenvalue weighted by molar-refractivity contribution is 8.01. The molecule has 0 atom stereocenters. The lowest BCUT2D eigenvalue weighted by Gasteiger charge is -2.20. The quantitative estimate of drug-likeness (QED) is 0.535. The van der Waals surface area contributed by atoms with Crippen LogP contribution in [0, 0.1) is 11.6 Å². The first-order valence-corrected chi connectivity index (χ1v) is 8.48. The average Bonchev–Trinajstić information content (AvgIpc) is 2.39. The van der Waals surface area contributed by atoms with Crippen molar-refractivity contribution in [2.75, 3.05) is 0 Å². The summed E-state index contributed by atoms with van der Waals surface area (Å²) < 4.78 is 91.5. The fraction of sp³-hybridized carbons (Fsp3) is 0.0769. The molecule has 0 saturated carbocycles. The molecule has 0 bridgehead atoms. The van der Waals surface area contributed by atoms with Gasteiger partial charge in [0.25, 0.3) is 0 Å². The van der Waals surface area contributed by atoms with E-state index < -0.39 is 57.5 Å². The van der Waals surface area contributed by atoms with E-state index in [0.717, 1.165) is 24.3 Å². The van der Waals surface area contributed by atoms with Crippen molar-refractivity contribution < 1.29 is 30.4 Å². The maximum absolute atomic E-state index is 13.4. The molecule has 2 nitrogen and oxygen atoms in total. The van der Waals surface area contributed by atoms with Gasteiger partial charge in [-0.05, 0) is 36.4 Å². The van der Waals surface area contributed by atoms with Crippen LogP contribution >= 0.6 is 0 Å². The van der Waals surface area contributed by atoms with Crippen LogP contribution in [0.2, 0.25) is 0 Å². The summed E-state index contributed by atoms with van der Waals surface area (Å²) in [7, 11) is -7.00. The van der Waals surface area contributed by atoms with Gasteiger partial charge < -0.3 is 0 Å². The van der Waals surface area contributed by atoms with Crippen LogP contribution in [-0.2, 0) is 20.7 Å². The first-order chi connectivity index (χ1) is 10.1. The molecule has 22 heavy (non-hydrogen) atoms. The van der Waals surface area contributed by atoms with E-state index in [9.17, 15) is 30.4 Å². The van der Waals surface area contributed by atoms with Crippen molar-refractivity contribution in [3.63, 3.8) is 0 Å². The molecule has 1 heterocycles. The Morgan fingerprint density at radius 3 is 1.59 bits per heavy atom. The second-order valence-electron chi connectivity index (χ2n) is 4.44. The van der Waals surface area contributed by atoms with Crippen molar-refractivity contribution in [2.24, 2.45) is 0 Å². The molecule has 2 aromatic carbocycles. The van der Waals surface area contributed by atoms with Crippen LogP contribution < -0.4 is 0 Å². The van der Waals surface area contributed by atoms with Crippen molar-refractivity contribution in [1.29, 1.82) is 0 Å². The monoisotopic (exact) mass is 353 g/mol. The number of hydrogen-bond acceptors (Lipinski definition) is 2. The van der Waals surface area contributed by atoms with Crippen molar-refractivity contribution in [3.05, 3.63) is 48.0 Å². The smallest absolute Gasteiger partial charge is 0.218 e. The number of alkyl halides is 3. The second kappa shape index (κ2) is 4.69. The summed E-state index contributed by atoms with van der Waals surface area (Å²) in [6, 6.07) is 4.23. The topological polar surface area (TPSA) is 34.1 Å². The van der Waals surface area contributed by atoms with Gasteiger partial charge in [-0.25, -0.2) is 17.2 Å². The Morgan fingerprint density at radius 2 is 1.23 bits per heavy atom. The predicted molar refractivity (Wildman–Crippen MR) is 68.2 cm³/mol. The highest BCUT2D eigenvalue weighted by Crippen LogP contribution is 2.48. The molecule has 0 amide bonds. The minimum atomic E-state index is -4.77. The third-order valence-corrected chi connectivity index (χ3v) is 7.21. The zero-order chi connectivity index (χ0) is 16.3. The van der Waals surface area contributed by atoms with Crippen LogP contribution in [0.4, 0.5) is 22.0 Å². The van der Waals surface area contributed by atoms with Gasteiger partial charge in [0.05, 0.1) is 0 Å². The second-order valence-corrected chi connectivity index (χ2v) is 8.28. The fourth-order valence-corrected chi connectivity index (χ4v) is 6.47. The van der Waals surface area contributed by atoms with Gasteiger partial charge in [-0.1, -0.05) is 0 Å².